The number of hydrogen-bond acceptors (Lipinski definition) is 4. The minimum absolute atomic E-state index is 0.00208. The molecule has 0 fully saturated rings. The summed E-state index contributed by atoms with van der Waals surface area (Å²) in [4.78, 5) is 4.45. The van der Waals surface area contributed by atoms with Gasteiger partial charge in [-0.25, -0.2) is 13.4 Å². The normalized spacial score (nSPS) is 11.9. The van der Waals surface area contributed by atoms with Crippen LogP contribution in [0.5, 0.6) is 0 Å². The van der Waals surface area contributed by atoms with Crippen LogP contribution in [0.1, 0.15) is 36.8 Å². The first kappa shape index (κ1) is 21.8. The zero-order chi connectivity index (χ0) is 21.2. The fourth-order valence-electron chi connectivity index (χ4n) is 3.19. The summed E-state index contributed by atoms with van der Waals surface area (Å²) >= 11 is 12.1. The monoisotopic (exact) mass is 452 g/mol. The van der Waals surface area contributed by atoms with Gasteiger partial charge < -0.3 is 9.67 Å². The summed E-state index contributed by atoms with van der Waals surface area (Å²) in [7, 11) is -3.96. The van der Waals surface area contributed by atoms with Crippen LogP contribution >= 0.6 is 23.2 Å². The summed E-state index contributed by atoms with van der Waals surface area (Å²) in [6.07, 6.45) is 0.598. The van der Waals surface area contributed by atoms with Crippen LogP contribution in [-0.2, 0) is 29.4 Å². The Kier molecular flexibility index (Phi) is 6.69. The van der Waals surface area contributed by atoms with Crippen molar-refractivity contribution >= 4 is 33.0 Å². The van der Waals surface area contributed by atoms with Gasteiger partial charge in [-0.15, -0.1) is 0 Å². The quantitative estimate of drug-likeness (QED) is 0.554. The van der Waals surface area contributed by atoms with Crippen molar-refractivity contribution in [3.63, 3.8) is 0 Å². The van der Waals surface area contributed by atoms with Crippen molar-refractivity contribution in [2.24, 2.45) is 0 Å². The van der Waals surface area contributed by atoms with E-state index in [0.717, 1.165) is 5.56 Å². The Morgan fingerprint density at radius 1 is 1.07 bits per heavy atom. The largest absolute Gasteiger partial charge is 0.388 e. The third kappa shape index (κ3) is 4.67. The van der Waals surface area contributed by atoms with Crippen LogP contribution in [0.3, 0.4) is 0 Å². The third-order valence-corrected chi connectivity index (χ3v) is 6.81. The topological polar surface area (TPSA) is 72.2 Å². The molecule has 1 N–H and O–H groups in total. The maximum Gasteiger partial charge on any atom is 0.224 e. The number of sulfone groups is 1. The molecule has 0 bridgehead atoms. The van der Waals surface area contributed by atoms with Crippen molar-refractivity contribution in [1.82, 2.24) is 9.55 Å². The molecule has 0 unspecified atom stereocenters. The molecule has 3 rings (SSSR count). The van der Waals surface area contributed by atoms with E-state index in [2.05, 4.69) is 4.98 Å². The van der Waals surface area contributed by atoms with Gasteiger partial charge in [-0.1, -0.05) is 67.4 Å². The molecule has 0 spiro atoms. The predicted octanol–water partition coefficient (Wildman–Crippen LogP) is 4.88. The van der Waals surface area contributed by atoms with E-state index in [1.54, 1.807) is 4.57 Å². The highest BCUT2D eigenvalue weighted by molar-refractivity contribution is 7.91. The predicted molar refractivity (Wildman–Crippen MR) is 114 cm³/mol. The standard InChI is InChI=1S/C21H22Cl2N2O3S/c1-14(2)20-21(29(27,28)18-11-16(22)10-17(23)12-18)25(19(13-26)24-20)9-8-15-6-4-3-5-7-15/h3-7,10-12,14,26H,8-9,13H2,1-2H3. The van der Waals surface area contributed by atoms with Crippen LogP contribution in [0, 0.1) is 0 Å². The van der Waals surface area contributed by atoms with Gasteiger partial charge in [-0.2, -0.15) is 0 Å². The molecule has 3 aromatic rings. The Hall–Kier alpha value is -1.86. The van der Waals surface area contributed by atoms with Crippen molar-refractivity contribution in [1.29, 1.82) is 0 Å². The van der Waals surface area contributed by atoms with Crippen LogP contribution < -0.4 is 0 Å². The number of aliphatic hydroxyl groups excluding tert-OH is 1. The summed E-state index contributed by atoms with van der Waals surface area (Å²) in [6, 6.07) is 14.0. The minimum atomic E-state index is -3.96. The van der Waals surface area contributed by atoms with Crippen molar-refractivity contribution in [2.45, 2.75) is 49.3 Å². The highest BCUT2D eigenvalue weighted by Crippen LogP contribution is 2.32. The molecular formula is C21H22Cl2N2O3S. The first-order chi connectivity index (χ1) is 13.7. The van der Waals surface area contributed by atoms with Gasteiger partial charge in [0.15, 0.2) is 5.03 Å². The number of benzene rings is 2. The number of rotatable bonds is 7. The van der Waals surface area contributed by atoms with Gasteiger partial charge in [0, 0.05) is 16.6 Å². The smallest absolute Gasteiger partial charge is 0.224 e. The van der Waals surface area contributed by atoms with Gasteiger partial charge in [0.05, 0.1) is 10.6 Å². The first-order valence-corrected chi connectivity index (χ1v) is 11.4. The highest BCUT2D eigenvalue weighted by atomic mass is 35.5. The van der Waals surface area contributed by atoms with Crippen molar-refractivity contribution in [2.75, 3.05) is 0 Å². The van der Waals surface area contributed by atoms with Crippen LogP contribution in [0.25, 0.3) is 0 Å². The number of halogens is 2. The number of aryl methyl sites for hydroxylation is 1. The summed E-state index contributed by atoms with van der Waals surface area (Å²) in [5.74, 6) is 0.161. The molecule has 0 aliphatic carbocycles. The van der Waals surface area contributed by atoms with Crippen molar-refractivity contribution in [3.8, 4) is 0 Å². The fourth-order valence-corrected chi connectivity index (χ4v) is 5.68. The van der Waals surface area contributed by atoms with Gasteiger partial charge in [0.1, 0.15) is 12.4 Å². The molecule has 0 amide bonds. The first-order valence-electron chi connectivity index (χ1n) is 9.19. The molecule has 1 heterocycles. The third-order valence-electron chi connectivity index (χ3n) is 4.58. The average Bonchev–Trinajstić information content (AvgIpc) is 3.06. The van der Waals surface area contributed by atoms with E-state index in [-0.39, 0.29) is 32.5 Å². The molecule has 154 valence electrons. The van der Waals surface area contributed by atoms with Crippen LogP contribution in [0.15, 0.2) is 58.5 Å². The van der Waals surface area contributed by atoms with Crippen molar-refractivity contribution in [3.05, 3.63) is 75.7 Å². The molecule has 2 aromatic carbocycles. The van der Waals surface area contributed by atoms with E-state index in [4.69, 9.17) is 23.2 Å². The lowest BCUT2D eigenvalue weighted by Gasteiger charge is -2.14. The number of hydrogen-bond donors (Lipinski definition) is 1. The lowest BCUT2D eigenvalue weighted by Crippen LogP contribution is -2.15. The molecular weight excluding hydrogens is 431 g/mol. The number of nitrogens with zero attached hydrogens (tertiary/aromatic N) is 2. The van der Waals surface area contributed by atoms with Gasteiger partial charge in [0.2, 0.25) is 9.84 Å². The number of aliphatic hydroxyl groups is 1. The highest BCUT2D eigenvalue weighted by Gasteiger charge is 2.31. The second-order valence-corrected chi connectivity index (χ2v) is 9.76. The Balaban J connectivity index is 2.16. The molecule has 0 aliphatic rings. The molecule has 0 saturated heterocycles. The van der Waals surface area contributed by atoms with Gasteiger partial charge in [0.25, 0.3) is 0 Å². The second kappa shape index (κ2) is 8.88. The maximum atomic E-state index is 13.6. The summed E-state index contributed by atoms with van der Waals surface area (Å²) in [6.45, 7) is 3.74. The maximum absolute atomic E-state index is 13.6. The molecule has 8 heteroatoms. The zero-order valence-electron chi connectivity index (χ0n) is 16.1. The average molecular weight is 453 g/mol. The van der Waals surface area contributed by atoms with Crippen molar-refractivity contribution < 1.29 is 13.5 Å². The molecule has 0 radical (unpaired) electrons. The summed E-state index contributed by atoms with van der Waals surface area (Å²) in [5, 5.41) is 10.4. The molecule has 0 aliphatic heterocycles. The lowest BCUT2D eigenvalue weighted by molar-refractivity contribution is 0.263. The SMILES string of the molecule is CC(C)c1nc(CO)n(CCc2ccccc2)c1S(=O)(=O)c1cc(Cl)cc(Cl)c1. The van der Waals surface area contributed by atoms with E-state index >= 15 is 0 Å². The molecule has 5 nitrogen and oxygen atoms in total. The molecule has 29 heavy (non-hydrogen) atoms. The van der Waals surface area contributed by atoms with E-state index in [9.17, 15) is 13.5 Å². The summed E-state index contributed by atoms with van der Waals surface area (Å²) in [5.41, 5.74) is 1.48. The molecule has 0 saturated carbocycles. The zero-order valence-corrected chi connectivity index (χ0v) is 18.5. The fraction of sp³-hybridized carbons (Fsp3) is 0.286. The van der Waals surface area contributed by atoms with Gasteiger partial charge in [-0.05, 0) is 36.1 Å². The Bertz CT molecular complexity index is 1090. The molecule has 0 atom stereocenters. The van der Waals surface area contributed by atoms with Crippen LogP contribution in [0.4, 0.5) is 0 Å². The second-order valence-electron chi connectivity index (χ2n) is 7.03. The Labute approximate surface area is 180 Å². The van der Waals surface area contributed by atoms with E-state index in [0.29, 0.717) is 24.5 Å². The Morgan fingerprint density at radius 3 is 2.24 bits per heavy atom. The van der Waals surface area contributed by atoms with Crippen LogP contribution in [0.2, 0.25) is 10.0 Å². The lowest BCUT2D eigenvalue weighted by atomic mass is 10.1. The summed E-state index contributed by atoms with van der Waals surface area (Å²) < 4.78 is 28.7. The number of aromatic nitrogens is 2. The van der Waals surface area contributed by atoms with E-state index in [1.807, 2.05) is 44.2 Å². The van der Waals surface area contributed by atoms with E-state index in [1.165, 1.54) is 18.2 Å². The van der Waals surface area contributed by atoms with E-state index < -0.39 is 9.84 Å². The molecule has 1 aromatic heterocycles. The minimum Gasteiger partial charge on any atom is -0.388 e. The van der Waals surface area contributed by atoms with Gasteiger partial charge in [-0.3, -0.25) is 0 Å². The van der Waals surface area contributed by atoms with Crippen LogP contribution in [-0.4, -0.2) is 23.1 Å². The van der Waals surface area contributed by atoms with Gasteiger partial charge >= 0.3 is 0 Å². The Morgan fingerprint density at radius 2 is 1.69 bits per heavy atom. The number of imidazole rings is 1.